The maximum Gasteiger partial charge on any atom is 0.110 e. The second-order valence-electron chi connectivity index (χ2n) is 4.96. The molecule has 1 unspecified atom stereocenters. The largest absolute Gasteiger partial charge is 0.322 e. The van der Waals surface area contributed by atoms with E-state index < -0.39 is 0 Å². The van der Waals surface area contributed by atoms with E-state index in [2.05, 4.69) is 5.38 Å². The number of rotatable bonds is 3. The van der Waals surface area contributed by atoms with Gasteiger partial charge in [-0.05, 0) is 31.6 Å². The van der Waals surface area contributed by atoms with E-state index in [0.717, 1.165) is 11.8 Å². The lowest BCUT2D eigenvalue weighted by molar-refractivity contribution is 0.618. The molecule has 2 fully saturated rings. The summed E-state index contributed by atoms with van der Waals surface area (Å²) in [5.41, 5.74) is 7.48. The zero-order chi connectivity index (χ0) is 10.3. The van der Waals surface area contributed by atoms with Crippen molar-refractivity contribution in [2.24, 2.45) is 11.7 Å². The molecule has 2 aliphatic carbocycles. The van der Waals surface area contributed by atoms with Gasteiger partial charge in [-0.15, -0.1) is 11.3 Å². The molecule has 0 spiro atoms. The summed E-state index contributed by atoms with van der Waals surface area (Å²) < 4.78 is 0. The fraction of sp³-hybridized carbons (Fsp3) is 0.750. The van der Waals surface area contributed by atoms with Crippen molar-refractivity contribution in [1.82, 2.24) is 4.98 Å². The number of thiazole rings is 1. The molecule has 1 atom stereocenters. The first-order valence-corrected chi connectivity index (χ1v) is 6.93. The van der Waals surface area contributed by atoms with Gasteiger partial charge in [0.25, 0.3) is 0 Å². The smallest absolute Gasteiger partial charge is 0.110 e. The maximum atomic E-state index is 6.16. The minimum atomic E-state index is 0.227. The van der Waals surface area contributed by atoms with Gasteiger partial charge in [-0.3, -0.25) is 0 Å². The van der Waals surface area contributed by atoms with Crippen LogP contribution in [0.2, 0.25) is 0 Å². The van der Waals surface area contributed by atoms with Gasteiger partial charge in [-0.1, -0.05) is 12.8 Å². The van der Waals surface area contributed by atoms with E-state index in [-0.39, 0.29) is 6.04 Å². The summed E-state index contributed by atoms with van der Waals surface area (Å²) in [4.78, 5) is 4.75. The third kappa shape index (κ3) is 1.95. The average molecular weight is 222 g/mol. The lowest BCUT2D eigenvalue weighted by atomic mass is 10.1. The predicted octanol–water partition coefficient (Wildman–Crippen LogP) is 3.21. The molecule has 82 valence electrons. The highest BCUT2D eigenvalue weighted by Gasteiger charge is 2.32. The molecule has 2 N–H and O–H groups in total. The van der Waals surface area contributed by atoms with Crippen molar-refractivity contribution in [3.05, 3.63) is 16.1 Å². The van der Waals surface area contributed by atoms with Crippen molar-refractivity contribution in [3.8, 4) is 0 Å². The lowest BCUT2D eigenvalue weighted by Crippen LogP contribution is -2.12. The van der Waals surface area contributed by atoms with Crippen LogP contribution in [-0.2, 0) is 0 Å². The number of aromatic nitrogens is 1. The second-order valence-corrected chi connectivity index (χ2v) is 5.84. The van der Waals surface area contributed by atoms with Gasteiger partial charge in [0.05, 0.1) is 11.7 Å². The summed E-state index contributed by atoms with van der Waals surface area (Å²) in [6.07, 6.45) is 8.04. The highest BCUT2D eigenvalue weighted by Crippen LogP contribution is 2.41. The molecular weight excluding hydrogens is 204 g/mol. The van der Waals surface area contributed by atoms with E-state index in [1.54, 1.807) is 11.3 Å². The Morgan fingerprint density at radius 1 is 1.27 bits per heavy atom. The summed E-state index contributed by atoms with van der Waals surface area (Å²) in [6.45, 7) is 0. The van der Waals surface area contributed by atoms with E-state index in [1.165, 1.54) is 49.2 Å². The fourth-order valence-corrected chi connectivity index (χ4v) is 3.51. The van der Waals surface area contributed by atoms with Gasteiger partial charge in [0.2, 0.25) is 0 Å². The molecule has 2 aliphatic rings. The molecule has 3 heteroatoms. The molecule has 0 aromatic carbocycles. The molecule has 15 heavy (non-hydrogen) atoms. The summed E-state index contributed by atoms with van der Waals surface area (Å²) in [5, 5.41) is 3.42. The number of nitrogens with two attached hydrogens (primary N) is 1. The van der Waals surface area contributed by atoms with Gasteiger partial charge in [-0.2, -0.15) is 0 Å². The Labute approximate surface area is 94.9 Å². The standard InChI is InChI=1S/C12H18N2S/c13-11(9-5-6-9)12-14-10(7-15-12)8-3-1-2-4-8/h7-9,11H,1-6,13H2. The molecule has 0 saturated heterocycles. The average Bonchev–Trinajstić information content (AvgIpc) is 2.80. The molecule has 2 nitrogen and oxygen atoms in total. The quantitative estimate of drug-likeness (QED) is 0.853. The fourth-order valence-electron chi connectivity index (χ4n) is 2.52. The SMILES string of the molecule is NC(c1nc(C2CCCC2)cs1)C1CC1. The van der Waals surface area contributed by atoms with Crippen molar-refractivity contribution in [2.45, 2.75) is 50.5 Å². The van der Waals surface area contributed by atoms with E-state index in [9.17, 15) is 0 Å². The summed E-state index contributed by atoms with van der Waals surface area (Å²) in [7, 11) is 0. The normalized spacial score (nSPS) is 24.6. The van der Waals surface area contributed by atoms with Crippen LogP contribution < -0.4 is 5.73 Å². The van der Waals surface area contributed by atoms with Crippen LogP contribution in [0.15, 0.2) is 5.38 Å². The lowest BCUT2D eigenvalue weighted by Gasteiger charge is -2.06. The van der Waals surface area contributed by atoms with E-state index >= 15 is 0 Å². The zero-order valence-electron chi connectivity index (χ0n) is 8.98. The second kappa shape index (κ2) is 3.87. The van der Waals surface area contributed by atoms with Crippen molar-refractivity contribution < 1.29 is 0 Å². The number of hydrogen-bond donors (Lipinski definition) is 1. The van der Waals surface area contributed by atoms with Crippen molar-refractivity contribution in [1.29, 1.82) is 0 Å². The molecule has 2 saturated carbocycles. The van der Waals surface area contributed by atoms with Gasteiger partial charge in [-0.25, -0.2) is 4.98 Å². The van der Waals surface area contributed by atoms with Crippen LogP contribution in [0.4, 0.5) is 0 Å². The Bertz CT molecular complexity index is 321. The van der Waals surface area contributed by atoms with E-state index in [0.29, 0.717) is 0 Å². The Kier molecular flexibility index (Phi) is 2.53. The van der Waals surface area contributed by atoms with Crippen LogP contribution in [-0.4, -0.2) is 4.98 Å². The molecule has 1 heterocycles. The molecule has 3 rings (SSSR count). The van der Waals surface area contributed by atoms with Crippen LogP contribution in [0.3, 0.4) is 0 Å². The van der Waals surface area contributed by atoms with Crippen molar-refractivity contribution in [3.63, 3.8) is 0 Å². The molecule has 0 amide bonds. The van der Waals surface area contributed by atoms with Crippen LogP contribution in [0, 0.1) is 5.92 Å². The van der Waals surface area contributed by atoms with E-state index in [4.69, 9.17) is 10.7 Å². The highest BCUT2D eigenvalue weighted by molar-refractivity contribution is 7.09. The van der Waals surface area contributed by atoms with Crippen LogP contribution in [0.25, 0.3) is 0 Å². The molecule has 1 aromatic rings. The third-order valence-electron chi connectivity index (χ3n) is 3.73. The molecule has 0 radical (unpaired) electrons. The zero-order valence-corrected chi connectivity index (χ0v) is 9.80. The minimum Gasteiger partial charge on any atom is -0.322 e. The topological polar surface area (TPSA) is 38.9 Å². The Morgan fingerprint density at radius 3 is 2.67 bits per heavy atom. The van der Waals surface area contributed by atoms with Gasteiger partial charge in [0.1, 0.15) is 5.01 Å². The Hall–Kier alpha value is -0.410. The van der Waals surface area contributed by atoms with Crippen molar-refractivity contribution >= 4 is 11.3 Å². The Balaban J connectivity index is 1.74. The van der Waals surface area contributed by atoms with Gasteiger partial charge < -0.3 is 5.73 Å². The van der Waals surface area contributed by atoms with Crippen LogP contribution in [0.1, 0.15) is 61.2 Å². The first-order chi connectivity index (χ1) is 7.34. The first-order valence-electron chi connectivity index (χ1n) is 6.05. The van der Waals surface area contributed by atoms with Gasteiger partial charge in [0, 0.05) is 11.3 Å². The number of nitrogens with zero attached hydrogens (tertiary/aromatic N) is 1. The molecule has 0 bridgehead atoms. The minimum absolute atomic E-state index is 0.227. The van der Waals surface area contributed by atoms with Crippen LogP contribution in [0.5, 0.6) is 0 Å². The van der Waals surface area contributed by atoms with Crippen molar-refractivity contribution in [2.75, 3.05) is 0 Å². The Morgan fingerprint density at radius 2 is 2.00 bits per heavy atom. The maximum absolute atomic E-state index is 6.16. The summed E-state index contributed by atoms with van der Waals surface area (Å²) in [5.74, 6) is 1.47. The number of hydrogen-bond acceptors (Lipinski definition) is 3. The van der Waals surface area contributed by atoms with Crippen LogP contribution >= 0.6 is 11.3 Å². The summed E-state index contributed by atoms with van der Waals surface area (Å²) in [6, 6.07) is 0.227. The predicted molar refractivity (Wildman–Crippen MR) is 63.0 cm³/mol. The van der Waals surface area contributed by atoms with Gasteiger partial charge >= 0.3 is 0 Å². The van der Waals surface area contributed by atoms with Gasteiger partial charge in [0.15, 0.2) is 0 Å². The van der Waals surface area contributed by atoms with E-state index in [1.807, 2.05) is 0 Å². The summed E-state index contributed by atoms with van der Waals surface area (Å²) >= 11 is 1.78. The monoisotopic (exact) mass is 222 g/mol. The molecule has 1 aromatic heterocycles. The highest BCUT2D eigenvalue weighted by atomic mass is 32.1. The third-order valence-corrected chi connectivity index (χ3v) is 4.69. The molecular formula is C12H18N2S. The first kappa shape index (κ1) is 9.79. The molecule has 0 aliphatic heterocycles.